The van der Waals surface area contributed by atoms with E-state index in [0.717, 1.165) is 4.90 Å². The number of carbonyl (C=O) groups excluding carboxylic acids is 1. The Morgan fingerprint density at radius 2 is 1.95 bits per heavy atom. The molecule has 0 atom stereocenters. The maximum Gasteiger partial charge on any atom is 0.401 e. The Kier molecular flexibility index (Phi) is 5.96. The summed E-state index contributed by atoms with van der Waals surface area (Å²) in [5.41, 5.74) is 0.326. The van der Waals surface area contributed by atoms with Crippen molar-refractivity contribution < 1.29 is 23.1 Å². The largest absolute Gasteiger partial charge is 0.401 e. The Morgan fingerprint density at radius 3 is 2.47 bits per heavy atom. The van der Waals surface area contributed by atoms with Gasteiger partial charge in [-0.3, -0.25) is 9.69 Å². The van der Waals surface area contributed by atoms with Gasteiger partial charge in [-0.15, -0.1) is 0 Å². The highest BCUT2D eigenvalue weighted by molar-refractivity contribution is 9.10. The van der Waals surface area contributed by atoms with Gasteiger partial charge in [0.2, 0.25) is 0 Å². The Morgan fingerprint density at radius 1 is 1.32 bits per heavy atom. The van der Waals surface area contributed by atoms with E-state index in [2.05, 4.69) is 15.9 Å². The van der Waals surface area contributed by atoms with Gasteiger partial charge in [-0.25, -0.2) is 0 Å². The van der Waals surface area contributed by atoms with Crippen LogP contribution in [0.2, 0.25) is 0 Å². The molecule has 106 valence electrons. The summed E-state index contributed by atoms with van der Waals surface area (Å²) in [4.78, 5) is 12.8. The molecule has 0 aromatic heterocycles. The van der Waals surface area contributed by atoms with E-state index in [9.17, 15) is 18.0 Å². The first kappa shape index (κ1) is 16.1. The van der Waals surface area contributed by atoms with Gasteiger partial charge in [0.05, 0.1) is 19.7 Å². The zero-order valence-corrected chi connectivity index (χ0v) is 11.5. The van der Waals surface area contributed by atoms with Crippen LogP contribution in [-0.4, -0.2) is 48.2 Å². The molecule has 0 heterocycles. The van der Waals surface area contributed by atoms with Crippen LogP contribution in [0.4, 0.5) is 13.2 Å². The summed E-state index contributed by atoms with van der Waals surface area (Å²) in [5, 5.41) is 8.74. The van der Waals surface area contributed by atoms with Crippen molar-refractivity contribution >= 4 is 21.7 Å². The molecule has 0 saturated heterocycles. The first-order chi connectivity index (χ1) is 8.83. The highest BCUT2D eigenvalue weighted by atomic mass is 79.9. The van der Waals surface area contributed by atoms with Gasteiger partial charge >= 0.3 is 6.18 Å². The lowest BCUT2D eigenvalue weighted by Crippen LogP contribution is -2.39. The van der Waals surface area contributed by atoms with Crippen LogP contribution in [-0.2, 0) is 0 Å². The van der Waals surface area contributed by atoms with Crippen LogP contribution >= 0.6 is 15.9 Å². The molecule has 0 fully saturated rings. The summed E-state index contributed by atoms with van der Waals surface area (Å²) in [6.45, 7) is -2.23. The molecule has 0 saturated carbocycles. The number of aliphatic hydroxyl groups is 1. The molecule has 0 unspecified atom stereocenters. The number of hydrogen-bond acceptors (Lipinski definition) is 3. The maximum atomic E-state index is 12.3. The van der Waals surface area contributed by atoms with Gasteiger partial charge in [0.15, 0.2) is 5.78 Å². The lowest BCUT2D eigenvalue weighted by molar-refractivity contribution is -0.145. The second-order valence-corrected chi connectivity index (χ2v) is 4.81. The molecule has 0 amide bonds. The molecule has 0 radical (unpaired) electrons. The molecule has 19 heavy (non-hydrogen) atoms. The van der Waals surface area contributed by atoms with Crippen LogP contribution < -0.4 is 0 Å². The number of ketones is 1. The number of alkyl halides is 3. The third kappa shape index (κ3) is 5.71. The van der Waals surface area contributed by atoms with Crippen LogP contribution in [0.5, 0.6) is 0 Å². The zero-order valence-electron chi connectivity index (χ0n) is 9.95. The smallest absolute Gasteiger partial charge is 0.395 e. The van der Waals surface area contributed by atoms with Gasteiger partial charge in [-0.2, -0.15) is 13.2 Å². The van der Waals surface area contributed by atoms with Crippen LogP contribution in [0.3, 0.4) is 0 Å². The molecule has 1 aromatic rings. The summed E-state index contributed by atoms with van der Waals surface area (Å²) >= 11 is 3.18. The van der Waals surface area contributed by atoms with E-state index in [1.807, 2.05) is 0 Å². The van der Waals surface area contributed by atoms with Crippen LogP contribution in [0, 0.1) is 0 Å². The standard InChI is InChI=1S/C12H13BrF3NO2/c13-10-4-2-1-3-9(10)11(19)7-17(5-6-18)8-12(14,15)16/h1-4,18H,5-8H2. The summed E-state index contributed by atoms with van der Waals surface area (Å²) in [5.74, 6) is -0.426. The fraction of sp³-hybridized carbons (Fsp3) is 0.417. The molecule has 7 heteroatoms. The predicted octanol–water partition coefficient (Wildman–Crippen LogP) is 2.49. The van der Waals surface area contributed by atoms with E-state index in [1.165, 1.54) is 6.07 Å². The summed E-state index contributed by atoms with van der Waals surface area (Å²) in [6.07, 6.45) is -4.40. The number of carbonyl (C=O) groups is 1. The molecule has 0 aliphatic carbocycles. The molecular formula is C12H13BrF3NO2. The molecule has 0 aliphatic heterocycles. The van der Waals surface area contributed by atoms with Gasteiger partial charge < -0.3 is 5.11 Å². The number of benzene rings is 1. The third-order valence-electron chi connectivity index (χ3n) is 2.36. The normalized spacial score (nSPS) is 11.9. The maximum absolute atomic E-state index is 12.3. The Labute approximate surface area is 117 Å². The zero-order chi connectivity index (χ0) is 14.5. The average molecular weight is 340 g/mol. The minimum Gasteiger partial charge on any atom is -0.395 e. The lowest BCUT2D eigenvalue weighted by Gasteiger charge is -2.22. The topological polar surface area (TPSA) is 40.5 Å². The van der Waals surface area contributed by atoms with Crippen molar-refractivity contribution in [3.05, 3.63) is 34.3 Å². The number of Topliss-reactive ketones (excluding diaryl/α,β-unsaturated/α-hetero) is 1. The van der Waals surface area contributed by atoms with E-state index in [4.69, 9.17) is 5.11 Å². The van der Waals surface area contributed by atoms with Gasteiger partial charge in [-0.1, -0.05) is 34.1 Å². The third-order valence-corrected chi connectivity index (χ3v) is 3.05. The Balaban J connectivity index is 2.74. The summed E-state index contributed by atoms with van der Waals surface area (Å²) < 4.78 is 37.5. The highest BCUT2D eigenvalue weighted by Crippen LogP contribution is 2.19. The van der Waals surface area contributed by atoms with Crippen molar-refractivity contribution in [3.8, 4) is 0 Å². The molecule has 1 rings (SSSR count). The molecule has 0 aliphatic rings. The number of aliphatic hydroxyl groups excluding tert-OH is 1. The van der Waals surface area contributed by atoms with Gasteiger partial charge in [0.1, 0.15) is 0 Å². The monoisotopic (exact) mass is 339 g/mol. The molecule has 1 N–H and O–H groups in total. The van der Waals surface area contributed by atoms with E-state index in [-0.39, 0.29) is 13.1 Å². The second-order valence-electron chi connectivity index (χ2n) is 3.95. The Bertz CT molecular complexity index is 437. The fourth-order valence-electron chi connectivity index (χ4n) is 1.58. The molecular weight excluding hydrogens is 327 g/mol. The molecule has 0 bridgehead atoms. The SMILES string of the molecule is O=C(CN(CCO)CC(F)(F)F)c1ccccc1Br. The van der Waals surface area contributed by atoms with E-state index < -0.39 is 25.1 Å². The van der Waals surface area contributed by atoms with Crippen molar-refractivity contribution in [2.24, 2.45) is 0 Å². The van der Waals surface area contributed by atoms with Gasteiger partial charge in [-0.05, 0) is 6.07 Å². The van der Waals surface area contributed by atoms with Crippen molar-refractivity contribution in [1.82, 2.24) is 4.90 Å². The average Bonchev–Trinajstić information content (AvgIpc) is 2.27. The van der Waals surface area contributed by atoms with Crippen molar-refractivity contribution in [2.45, 2.75) is 6.18 Å². The second kappa shape index (κ2) is 7.02. The predicted molar refractivity (Wildman–Crippen MR) is 68.1 cm³/mol. The fourth-order valence-corrected chi connectivity index (χ4v) is 2.09. The lowest BCUT2D eigenvalue weighted by atomic mass is 10.1. The summed E-state index contributed by atoms with van der Waals surface area (Å²) in [7, 11) is 0. The van der Waals surface area contributed by atoms with E-state index in [0.29, 0.717) is 10.0 Å². The minimum absolute atomic E-state index is 0.199. The van der Waals surface area contributed by atoms with Crippen LogP contribution in [0.25, 0.3) is 0 Å². The molecule has 1 aromatic carbocycles. The quantitative estimate of drug-likeness (QED) is 0.809. The Hall–Kier alpha value is -0.920. The summed E-state index contributed by atoms with van der Waals surface area (Å²) in [6, 6.07) is 6.53. The number of hydrogen-bond donors (Lipinski definition) is 1. The highest BCUT2D eigenvalue weighted by Gasteiger charge is 2.31. The number of rotatable bonds is 6. The molecule has 0 spiro atoms. The van der Waals surface area contributed by atoms with Crippen LogP contribution in [0.1, 0.15) is 10.4 Å². The van der Waals surface area contributed by atoms with Crippen LogP contribution in [0.15, 0.2) is 28.7 Å². The van der Waals surface area contributed by atoms with Crippen molar-refractivity contribution in [1.29, 1.82) is 0 Å². The first-order valence-corrected chi connectivity index (χ1v) is 6.30. The van der Waals surface area contributed by atoms with Gasteiger partial charge in [0.25, 0.3) is 0 Å². The van der Waals surface area contributed by atoms with E-state index >= 15 is 0 Å². The first-order valence-electron chi connectivity index (χ1n) is 5.51. The molecule has 3 nitrogen and oxygen atoms in total. The van der Waals surface area contributed by atoms with E-state index in [1.54, 1.807) is 18.2 Å². The van der Waals surface area contributed by atoms with Crippen molar-refractivity contribution in [2.75, 3.05) is 26.2 Å². The number of halogens is 4. The van der Waals surface area contributed by atoms with Gasteiger partial charge in [0, 0.05) is 16.6 Å². The number of nitrogens with zero attached hydrogens (tertiary/aromatic N) is 1. The minimum atomic E-state index is -4.40. The van der Waals surface area contributed by atoms with Crippen molar-refractivity contribution in [3.63, 3.8) is 0 Å².